The van der Waals surface area contributed by atoms with Gasteiger partial charge in [-0.1, -0.05) is 13.8 Å². The molecule has 1 fully saturated rings. The Labute approximate surface area is 108 Å². The first-order valence-electron chi connectivity index (χ1n) is 5.59. The highest BCUT2D eigenvalue weighted by Gasteiger charge is 2.30. The standard InChI is InChI=1S/C11H16IN3O/c1-6-3-4-8(7(6)2)15-10-9(12)11(16)14-5-13-10/h5-8H,3-4H2,1-2H3,(H2,13,14,15,16). The Morgan fingerprint density at radius 2 is 2.25 bits per heavy atom. The van der Waals surface area contributed by atoms with Gasteiger partial charge in [-0.15, -0.1) is 0 Å². The summed E-state index contributed by atoms with van der Waals surface area (Å²) in [5.41, 5.74) is -0.0724. The fourth-order valence-corrected chi connectivity index (χ4v) is 2.68. The molecule has 16 heavy (non-hydrogen) atoms. The maximum Gasteiger partial charge on any atom is 0.266 e. The summed E-state index contributed by atoms with van der Waals surface area (Å²) in [4.78, 5) is 18.2. The van der Waals surface area contributed by atoms with Crippen LogP contribution in [0.1, 0.15) is 26.7 Å². The molecule has 1 aromatic heterocycles. The Balaban J connectivity index is 2.16. The van der Waals surface area contributed by atoms with E-state index in [9.17, 15) is 4.79 Å². The van der Waals surface area contributed by atoms with Crippen LogP contribution in [0.25, 0.3) is 0 Å². The van der Waals surface area contributed by atoms with Crippen molar-refractivity contribution in [1.29, 1.82) is 0 Å². The lowest BCUT2D eigenvalue weighted by Crippen LogP contribution is -2.26. The van der Waals surface area contributed by atoms with Crippen LogP contribution >= 0.6 is 22.6 Å². The Kier molecular flexibility index (Phi) is 3.51. The molecule has 1 aliphatic carbocycles. The number of H-pyrrole nitrogens is 1. The van der Waals surface area contributed by atoms with Gasteiger partial charge in [0.05, 0.1) is 6.33 Å². The minimum atomic E-state index is -0.0724. The van der Waals surface area contributed by atoms with Crippen molar-refractivity contribution in [2.45, 2.75) is 32.7 Å². The molecule has 88 valence electrons. The summed E-state index contributed by atoms with van der Waals surface area (Å²) in [6, 6.07) is 0.442. The third-order valence-electron chi connectivity index (χ3n) is 3.58. The van der Waals surface area contributed by atoms with Crippen LogP contribution in [0.2, 0.25) is 0 Å². The number of anilines is 1. The van der Waals surface area contributed by atoms with E-state index in [2.05, 4.69) is 29.1 Å². The lowest BCUT2D eigenvalue weighted by Gasteiger charge is -2.20. The Morgan fingerprint density at radius 3 is 2.88 bits per heavy atom. The SMILES string of the molecule is CC1CCC(Nc2nc[nH]c(=O)c2I)C1C. The molecule has 1 aliphatic rings. The van der Waals surface area contributed by atoms with Crippen molar-refractivity contribution in [3.05, 3.63) is 20.3 Å². The summed E-state index contributed by atoms with van der Waals surface area (Å²) >= 11 is 2.03. The lowest BCUT2D eigenvalue weighted by molar-refractivity contribution is 0.435. The van der Waals surface area contributed by atoms with E-state index in [0.717, 1.165) is 18.2 Å². The summed E-state index contributed by atoms with van der Waals surface area (Å²) in [7, 11) is 0. The molecular weight excluding hydrogens is 317 g/mol. The molecule has 5 heteroatoms. The van der Waals surface area contributed by atoms with Crippen LogP contribution < -0.4 is 10.9 Å². The molecule has 0 spiro atoms. The van der Waals surface area contributed by atoms with E-state index in [1.165, 1.54) is 12.7 Å². The monoisotopic (exact) mass is 333 g/mol. The molecule has 4 nitrogen and oxygen atoms in total. The zero-order chi connectivity index (χ0) is 11.7. The smallest absolute Gasteiger partial charge is 0.266 e. The third kappa shape index (κ3) is 2.23. The number of nitrogens with one attached hydrogen (secondary N) is 2. The predicted molar refractivity (Wildman–Crippen MR) is 72.5 cm³/mol. The van der Waals surface area contributed by atoms with Crippen LogP contribution in [0.4, 0.5) is 5.82 Å². The molecule has 1 saturated carbocycles. The number of aromatic amines is 1. The highest BCUT2D eigenvalue weighted by atomic mass is 127. The fourth-order valence-electron chi connectivity index (χ4n) is 2.23. The molecule has 3 unspecified atom stereocenters. The van der Waals surface area contributed by atoms with Gasteiger partial charge in [0.15, 0.2) is 0 Å². The van der Waals surface area contributed by atoms with Gasteiger partial charge < -0.3 is 10.3 Å². The first kappa shape index (κ1) is 11.9. The maximum absolute atomic E-state index is 11.4. The molecule has 3 atom stereocenters. The van der Waals surface area contributed by atoms with Crippen LogP contribution in [-0.2, 0) is 0 Å². The highest BCUT2D eigenvalue weighted by molar-refractivity contribution is 14.1. The zero-order valence-corrected chi connectivity index (χ0v) is 11.6. The topological polar surface area (TPSA) is 57.8 Å². The highest BCUT2D eigenvalue weighted by Crippen LogP contribution is 2.33. The average molecular weight is 333 g/mol. The maximum atomic E-state index is 11.4. The van der Waals surface area contributed by atoms with Crippen LogP contribution in [0.15, 0.2) is 11.1 Å². The van der Waals surface area contributed by atoms with E-state index in [4.69, 9.17) is 0 Å². The summed E-state index contributed by atoms with van der Waals surface area (Å²) < 4.78 is 0.645. The largest absolute Gasteiger partial charge is 0.366 e. The quantitative estimate of drug-likeness (QED) is 0.816. The number of hydrogen-bond donors (Lipinski definition) is 2. The van der Waals surface area contributed by atoms with Gasteiger partial charge in [-0.3, -0.25) is 4.79 Å². The van der Waals surface area contributed by atoms with Crippen molar-refractivity contribution in [1.82, 2.24) is 9.97 Å². The second-order valence-corrected chi connectivity index (χ2v) is 5.64. The van der Waals surface area contributed by atoms with Crippen molar-refractivity contribution in [3.8, 4) is 0 Å². The van der Waals surface area contributed by atoms with E-state index in [0.29, 0.717) is 15.5 Å². The second-order valence-electron chi connectivity index (χ2n) is 4.56. The average Bonchev–Trinajstić information content (AvgIpc) is 2.57. The summed E-state index contributed by atoms with van der Waals surface area (Å²) in [5.74, 6) is 2.10. The van der Waals surface area contributed by atoms with Crippen molar-refractivity contribution in [2.75, 3.05) is 5.32 Å². The van der Waals surface area contributed by atoms with Gasteiger partial charge in [0.1, 0.15) is 9.39 Å². The first-order chi connectivity index (χ1) is 7.59. The Morgan fingerprint density at radius 1 is 1.50 bits per heavy atom. The van der Waals surface area contributed by atoms with Gasteiger partial charge in [-0.2, -0.15) is 0 Å². The number of halogens is 1. The molecule has 2 rings (SSSR count). The molecule has 0 aromatic carbocycles. The zero-order valence-electron chi connectivity index (χ0n) is 9.46. The van der Waals surface area contributed by atoms with Crippen LogP contribution in [-0.4, -0.2) is 16.0 Å². The molecule has 1 aromatic rings. The van der Waals surface area contributed by atoms with Crippen molar-refractivity contribution >= 4 is 28.4 Å². The molecule has 0 amide bonds. The van der Waals surface area contributed by atoms with E-state index >= 15 is 0 Å². The summed E-state index contributed by atoms with van der Waals surface area (Å²) in [6.45, 7) is 4.54. The number of aromatic nitrogens is 2. The number of hydrogen-bond acceptors (Lipinski definition) is 3. The lowest BCUT2D eigenvalue weighted by atomic mass is 9.98. The molecule has 0 bridgehead atoms. The molecule has 2 N–H and O–H groups in total. The van der Waals surface area contributed by atoms with Crippen LogP contribution in [0, 0.1) is 15.4 Å². The number of nitrogens with zero attached hydrogens (tertiary/aromatic N) is 1. The van der Waals surface area contributed by atoms with Gasteiger partial charge in [-0.25, -0.2) is 4.98 Å². The van der Waals surface area contributed by atoms with Gasteiger partial charge >= 0.3 is 0 Å². The van der Waals surface area contributed by atoms with Crippen LogP contribution in [0.5, 0.6) is 0 Å². The first-order valence-corrected chi connectivity index (χ1v) is 6.67. The minimum absolute atomic E-state index is 0.0724. The normalized spacial score (nSPS) is 29.3. The van der Waals surface area contributed by atoms with E-state index in [1.54, 1.807) is 0 Å². The number of rotatable bonds is 2. The summed E-state index contributed by atoms with van der Waals surface area (Å²) in [6.07, 6.45) is 3.86. The van der Waals surface area contributed by atoms with Crippen LogP contribution in [0.3, 0.4) is 0 Å². The second kappa shape index (κ2) is 4.73. The van der Waals surface area contributed by atoms with Crippen molar-refractivity contribution < 1.29 is 0 Å². The summed E-state index contributed by atoms with van der Waals surface area (Å²) in [5, 5.41) is 3.39. The van der Waals surface area contributed by atoms with E-state index in [-0.39, 0.29) is 5.56 Å². The van der Waals surface area contributed by atoms with E-state index in [1.807, 2.05) is 22.6 Å². The predicted octanol–water partition coefficient (Wildman–Crippen LogP) is 2.22. The third-order valence-corrected chi connectivity index (χ3v) is 4.58. The van der Waals surface area contributed by atoms with Gasteiger partial charge in [0.25, 0.3) is 5.56 Å². The molecular formula is C11H16IN3O. The van der Waals surface area contributed by atoms with Gasteiger partial charge in [-0.05, 0) is 47.3 Å². The molecule has 1 heterocycles. The molecule has 0 aliphatic heterocycles. The Bertz CT molecular complexity index is 431. The van der Waals surface area contributed by atoms with Gasteiger partial charge in [0.2, 0.25) is 0 Å². The van der Waals surface area contributed by atoms with Crippen molar-refractivity contribution in [3.63, 3.8) is 0 Å². The fraction of sp³-hybridized carbons (Fsp3) is 0.636. The molecule has 0 saturated heterocycles. The minimum Gasteiger partial charge on any atom is -0.366 e. The Hall–Kier alpha value is -0.590. The van der Waals surface area contributed by atoms with Crippen molar-refractivity contribution in [2.24, 2.45) is 11.8 Å². The van der Waals surface area contributed by atoms with E-state index < -0.39 is 0 Å². The van der Waals surface area contributed by atoms with Gasteiger partial charge in [0, 0.05) is 6.04 Å². The molecule has 0 radical (unpaired) electrons.